The summed E-state index contributed by atoms with van der Waals surface area (Å²) in [5.74, 6) is 2.96. The Balaban J connectivity index is 1.07. The van der Waals surface area contributed by atoms with Crippen molar-refractivity contribution in [1.82, 2.24) is 19.8 Å². The summed E-state index contributed by atoms with van der Waals surface area (Å²) in [5.41, 5.74) is 7.62. The van der Waals surface area contributed by atoms with E-state index in [0.717, 1.165) is 95.9 Å². The molecule has 316 valence electrons. The van der Waals surface area contributed by atoms with Crippen LogP contribution in [0.3, 0.4) is 0 Å². The van der Waals surface area contributed by atoms with Crippen LogP contribution in [0.4, 0.5) is 0 Å². The van der Waals surface area contributed by atoms with Crippen molar-refractivity contribution >= 4 is 33.4 Å². The zero-order valence-electron chi connectivity index (χ0n) is 36.3. The maximum absolute atomic E-state index is 15.1. The maximum Gasteiger partial charge on any atom is 0.198 e. The van der Waals surface area contributed by atoms with E-state index in [1.807, 2.05) is 36.7 Å². The van der Waals surface area contributed by atoms with Crippen molar-refractivity contribution < 1.29 is 19.1 Å². The van der Waals surface area contributed by atoms with E-state index in [-0.39, 0.29) is 23.7 Å². The normalized spacial score (nSPS) is 27.2. The van der Waals surface area contributed by atoms with E-state index in [9.17, 15) is 0 Å². The largest absolute Gasteiger partial charge is 0.483 e. The molecule has 6 aromatic rings. The molecule has 6 aliphatic heterocycles. The molecule has 6 fully saturated rings. The number of carbonyl (C=O) groups is 2. The molecular weight excluding hydrogens is 769 g/mol. The molecule has 4 unspecified atom stereocenters. The Morgan fingerprint density at radius 3 is 1.47 bits per heavy atom. The summed E-state index contributed by atoms with van der Waals surface area (Å²) in [5, 5.41) is 2.11. The highest BCUT2D eigenvalue weighted by molar-refractivity contribution is 6.30. The molecule has 62 heavy (non-hydrogen) atoms. The Kier molecular flexibility index (Phi) is 9.99. The lowest BCUT2D eigenvalue weighted by atomic mass is 9.72. The van der Waals surface area contributed by atoms with Crippen LogP contribution in [-0.4, -0.2) is 69.6 Å². The average molecular weight is 825 g/mol. The summed E-state index contributed by atoms with van der Waals surface area (Å²) >= 11 is 0. The van der Waals surface area contributed by atoms with Crippen molar-refractivity contribution in [1.29, 1.82) is 0 Å². The van der Waals surface area contributed by atoms with Gasteiger partial charge in [0.2, 0.25) is 0 Å². The number of nitrogens with zero attached hydrogens (tertiary/aromatic N) is 4. The number of carbonyl (C=O) groups excluding carboxylic acids is 2. The topological polar surface area (TPSA) is 84.9 Å². The molecule has 0 N–H and O–H groups in total. The minimum Gasteiger partial charge on any atom is -0.483 e. The van der Waals surface area contributed by atoms with Gasteiger partial charge >= 0.3 is 0 Å². The van der Waals surface area contributed by atoms with Crippen LogP contribution < -0.4 is 9.47 Å². The number of rotatable bonds is 10. The van der Waals surface area contributed by atoms with Crippen molar-refractivity contribution in [2.24, 2.45) is 23.7 Å². The first-order valence-electron chi connectivity index (χ1n) is 23.1. The number of ketones is 2. The summed E-state index contributed by atoms with van der Waals surface area (Å²) in [4.78, 5) is 45.0. The summed E-state index contributed by atoms with van der Waals surface area (Å²) in [6.07, 6.45) is 9.68. The second-order valence-corrected chi connectivity index (χ2v) is 19.0. The highest BCUT2D eigenvalue weighted by Crippen LogP contribution is 2.49. The van der Waals surface area contributed by atoms with E-state index >= 15 is 9.59 Å². The van der Waals surface area contributed by atoms with Crippen molar-refractivity contribution in [3.8, 4) is 11.5 Å². The molecular formula is C54H56N4O4. The lowest BCUT2D eigenvalue weighted by molar-refractivity contribution is -0.0493. The van der Waals surface area contributed by atoms with E-state index in [1.165, 1.54) is 12.8 Å². The third-order valence-electron chi connectivity index (χ3n) is 15.6. The van der Waals surface area contributed by atoms with Gasteiger partial charge in [-0.1, -0.05) is 74.2 Å². The third kappa shape index (κ3) is 6.55. The Hall–Kier alpha value is -5.44. The predicted molar refractivity (Wildman–Crippen MR) is 243 cm³/mol. The minimum absolute atomic E-state index is 0.0893. The van der Waals surface area contributed by atoms with Crippen molar-refractivity contribution in [3.63, 3.8) is 0 Å². The number of hydrogen-bond donors (Lipinski definition) is 0. The van der Waals surface area contributed by atoms with Gasteiger partial charge in [-0.25, -0.2) is 0 Å². The monoisotopic (exact) mass is 824 g/mol. The molecule has 4 bridgehead atoms. The zero-order valence-corrected chi connectivity index (χ0v) is 36.3. The van der Waals surface area contributed by atoms with E-state index in [4.69, 9.17) is 19.4 Å². The fourth-order valence-corrected chi connectivity index (χ4v) is 12.3. The Labute approximate surface area is 364 Å². The van der Waals surface area contributed by atoms with Crippen molar-refractivity contribution in [2.75, 3.05) is 26.2 Å². The van der Waals surface area contributed by atoms with Gasteiger partial charge in [0.25, 0.3) is 0 Å². The van der Waals surface area contributed by atoms with Crippen LogP contribution in [-0.2, 0) is 0 Å². The minimum atomic E-state index is -0.407. The van der Waals surface area contributed by atoms with E-state index in [0.29, 0.717) is 57.4 Å². The maximum atomic E-state index is 15.1. The molecule has 0 saturated carbocycles. The smallest absolute Gasteiger partial charge is 0.198 e. The molecule has 8 heteroatoms. The molecule has 0 spiro atoms. The standard InChI is InChI=1S/C54H56N4O4/c1-5-33-29-57-23-19-35(33)27-45(57)53(39-17-21-55-43-13-11-31(3)25-41(39)43)61-47-15-16-48(50-49(47)51(59)37-9-7-8-10-38(37)52(50)60)62-54(46-28-36-20-24-58(46)30-34(36)6-2)40-18-22-56-44-14-12-32(4)26-42(40)44/h7-18,21-22,25-26,33-36,45-46,53-54H,5-6,19-20,23-24,27-30H2,1-4H3/t33-,34?,35+,36?,45+,46+,53-,54-/m0/s1. The van der Waals surface area contributed by atoms with Crippen LogP contribution in [0.15, 0.2) is 97.3 Å². The predicted octanol–water partition coefficient (Wildman–Crippen LogP) is 10.7. The van der Waals surface area contributed by atoms with Gasteiger partial charge in [0.15, 0.2) is 11.6 Å². The second-order valence-electron chi connectivity index (χ2n) is 19.0. The number of fused-ring (bicyclic) bond motifs is 10. The van der Waals surface area contributed by atoms with Crippen LogP contribution in [0, 0.1) is 37.5 Å². The summed E-state index contributed by atoms with van der Waals surface area (Å²) in [7, 11) is 0. The van der Waals surface area contributed by atoms with Crippen LogP contribution >= 0.6 is 0 Å². The first kappa shape index (κ1) is 39.4. The van der Waals surface area contributed by atoms with Gasteiger partial charge in [-0.2, -0.15) is 0 Å². The van der Waals surface area contributed by atoms with Gasteiger partial charge in [-0.05, 0) is 125 Å². The van der Waals surface area contributed by atoms with E-state index in [1.54, 1.807) is 12.1 Å². The molecule has 6 saturated heterocycles. The van der Waals surface area contributed by atoms with Gasteiger partial charge in [-0.3, -0.25) is 29.4 Å². The summed E-state index contributed by atoms with van der Waals surface area (Å²) < 4.78 is 14.8. The van der Waals surface area contributed by atoms with Crippen LogP contribution in [0.2, 0.25) is 0 Å². The Morgan fingerprint density at radius 1 is 0.613 bits per heavy atom. The molecule has 4 aromatic carbocycles. The SMILES string of the molecule is CCC1CN2CCC1C[C@@H]2[C@@H](Oc1ccc(O[C@@H](c2ccnc3ccc(C)cc23)[C@H]2C[C@H]3CCN2C[C@@H]3CC)c2c1C(=O)c1ccccc1C2=O)c1ccnc2ccc(C)cc12. The molecule has 0 radical (unpaired) electrons. The Bertz CT molecular complexity index is 2560. The molecule has 7 aliphatic rings. The van der Waals surface area contributed by atoms with Crippen molar-refractivity contribution in [2.45, 2.75) is 90.5 Å². The highest BCUT2D eigenvalue weighted by atomic mass is 16.5. The number of benzene rings is 4. The first-order valence-corrected chi connectivity index (χ1v) is 23.1. The highest BCUT2D eigenvalue weighted by Gasteiger charge is 2.47. The molecule has 1 aliphatic carbocycles. The lowest BCUT2D eigenvalue weighted by Crippen LogP contribution is -2.56. The van der Waals surface area contributed by atoms with Gasteiger partial charge in [0.05, 0.1) is 34.2 Å². The number of aryl methyl sites for hydroxylation is 2. The summed E-state index contributed by atoms with van der Waals surface area (Å²) in [6, 6.07) is 28.2. The number of hydrogen-bond acceptors (Lipinski definition) is 8. The second kappa shape index (κ2) is 15.7. The summed E-state index contributed by atoms with van der Waals surface area (Å²) in [6.45, 7) is 13.0. The molecule has 2 aromatic heterocycles. The average Bonchev–Trinajstić information content (AvgIpc) is 3.31. The molecule has 0 amide bonds. The van der Waals surface area contributed by atoms with Gasteiger partial charge < -0.3 is 9.47 Å². The van der Waals surface area contributed by atoms with Gasteiger partial charge in [0, 0.05) is 58.5 Å². The van der Waals surface area contributed by atoms with Gasteiger partial charge in [0.1, 0.15) is 23.7 Å². The first-order chi connectivity index (χ1) is 30.3. The fourth-order valence-electron chi connectivity index (χ4n) is 12.3. The molecule has 10 atom stereocenters. The Morgan fingerprint density at radius 2 is 1.06 bits per heavy atom. The van der Waals surface area contributed by atoms with E-state index in [2.05, 4.69) is 86.0 Å². The molecule has 8 heterocycles. The zero-order chi connectivity index (χ0) is 42.2. The quantitative estimate of drug-likeness (QED) is 0.135. The van der Waals surface area contributed by atoms with Crippen LogP contribution in [0.1, 0.15) is 119 Å². The molecule has 13 rings (SSSR count). The van der Waals surface area contributed by atoms with Crippen molar-refractivity contribution in [3.05, 3.63) is 142 Å². The number of pyridine rings is 2. The number of aromatic nitrogens is 2. The van der Waals surface area contributed by atoms with E-state index < -0.39 is 12.2 Å². The number of piperidine rings is 6. The van der Waals surface area contributed by atoms with Gasteiger partial charge in [-0.15, -0.1) is 0 Å². The third-order valence-corrected chi connectivity index (χ3v) is 15.6. The number of ether oxygens (including phenoxy) is 2. The lowest BCUT2D eigenvalue weighted by Gasteiger charge is -2.52. The van der Waals surface area contributed by atoms with Crippen LogP contribution in [0.25, 0.3) is 21.8 Å². The fraction of sp³-hybridized carbons (Fsp3) is 0.407. The molecule has 8 nitrogen and oxygen atoms in total. The van der Waals surface area contributed by atoms with Crippen LogP contribution in [0.5, 0.6) is 11.5 Å².